The van der Waals surface area contributed by atoms with E-state index < -0.39 is 30.3 Å². The lowest BCUT2D eigenvalue weighted by Gasteiger charge is -2.18. The summed E-state index contributed by atoms with van der Waals surface area (Å²) < 4.78 is 0. The SMILES string of the molecule is CC(NC(=O)CN1C(=O)C(=O)N(Cc2ccccc2)C1=O)c1ccc(Cl)cc1. The van der Waals surface area contributed by atoms with E-state index in [1.165, 1.54) is 0 Å². The van der Waals surface area contributed by atoms with Gasteiger partial charge in [0.05, 0.1) is 12.6 Å². The molecule has 7 nitrogen and oxygen atoms in total. The van der Waals surface area contributed by atoms with Crippen LogP contribution in [0.1, 0.15) is 24.1 Å². The quantitative estimate of drug-likeness (QED) is 0.597. The Labute approximate surface area is 166 Å². The Balaban J connectivity index is 1.63. The summed E-state index contributed by atoms with van der Waals surface area (Å²) in [5.41, 5.74) is 1.53. The van der Waals surface area contributed by atoms with Crippen LogP contribution in [-0.4, -0.2) is 40.1 Å². The second-order valence-electron chi connectivity index (χ2n) is 6.39. The third-order valence-corrected chi connectivity index (χ3v) is 4.62. The maximum absolute atomic E-state index is 12.5. The molecule has 5 amide bonds. The zero-order valence-corrected chi connectivity index (χ0v) is 15.8. The van der Waals surface area contributed by atoms with Crippen LogP contribution in [0.25, 0.3) is 0 Å². The first-order valence-corrected chi connectivity index (χ1v) is 9.00. The maximum Gasteiger partial charge on any atom is 0.335 e. The number of halogens is 1. The molecule has 2 aromatic carbocycles. The van der Waals surface area contributed by atoms with Gasteiger partial charge in [-0.05, 0) is 30.2 Å². The van der Waals surface area contributed by atoms with Crippen LogP contribution in [0.3, 0.4) is 0 Å². The molecular formula is C20H18ClN3O4. The van der Waals surface area contributed by atoms with E-state index in [0.717, 1.165) is 10.5 Å². The van der Waals surface area contributed by atoms with Crippen molar-refractivity contribution in [2.24, 2.45) is 0 Å². The number of imide groups is 2. The molecule has 8 heteroatoms. The van der Waals surface area contributed by atoms with Gasteiger partial charge in [0.25, 0.3) is 0 Å². The molecule has 1 fully saturated rings. The zero-order chi connectivity index (χ0) is 20.3. The van der Waals surface area contributed by atoms with Gasteiger partial charge in [-0.25, -0.2) is 9.69 Å². The highest BCUT2D eigenvalue weighted by Gasteiger charge is 2.45. The predicted octanol–water partition coefficient (Wildman–Crippen LogP) is 2.51. The monoisotopic (exact) mass is 399 g/mol. The smallest absolute Gasteiger partial charge is 0.335 e. The molecule has 0 bridgehead atoms. The summed E-state index contributed by atoms with van der Waals surface area (Å²) in [5.74, 6) is -2.49. The van der Waals surface area contributed by atoms with Crippen molar-refractivity contribution in [1.29, 1.82) is 0 Å². The van der Waals surface area contributed by atoms with Gasteiger partial charge in [0, 0.05) is 5.02 Å². The first-order valence-electron chi connectivity index (χ1n) is 8.63. The Hall–Kier alpha value is -3.19. The Morgan fingerprint density at radius 2 is 1.57 bits per heavy atom. The van der Waals surface area contributed by atoms with Gasteiger partial charge in [-0.15, -0.1) is 0 Å². The average molecular weight is 400 g/mol. The van der Waals surface area contributed by atoms with Gasteiger partial charge in [-0.1, -0.05) is 54.1 Å². The summed E-state index contributed by atoms with van der Waals surface area (Å²) in [4.78, 5) is 50.6. The second-order valence-corrected chi connectivity index (χ2v) is 6.83. The number of carbonyl (C=O) groups is 4. The largest absolute Gasteiger partial charge is 0.348 e. The van der Waals surface area contributed by atoms with Crippen molar-refractivity contribution in [2.45, 2.75) is 19.5 Å². The van der Waals surface area contributed by atoms with Crippen molar-refractivity contribution in [3.63, 3.8) is 0 Å². The topological polar surface area (TPSA) is 86.8 Å². The molecule has 0 radical (unpaired) electrons. The van der Waals surface area contributed by atoms with Crippen LogP contribution in [0.4, 0.5) is 4.79 Å². The van der Waals surface area contributed by atoms with Gasteiger partial charge in [0.1, 0.15) is 6.54 Å². The molecule has 1 heterocycles. The molecular weight excluding hydrogens is 382 g/mol. The maximum atomic E-state index is 12.5. The standard InChI is InChI=1S/C20H18ClN3O4/c1-13(15-7-9-16(21)10-8-15)22-17(25)12-24-19(27)18(26)23(20(24)28)11-14-5-3-2-4-6-14/h2-10,13H,11-12H2,1H3,(H,22,25). The number of urea groups is 1. The van der Waals surface area contributed by atoms with Gasteiger partial charge >= 0.3 is 17.8 Å². The fourth-order valence-electron chi connectivity index (χ4n) is 2.86. The summed E-state index contributed by atoms with van der Waals surface area (Å²) in [7, 11) is 0. The van der Waals surface area contributed by atoms with Gasteiger partial charge in [0.2, 0.25) is 5.91 Å². The van der Waals surface area contributed by atoms with Gasteiger partial charge in [0.15, 0.2) is 0 Å². The second kappa shape index (κ2) is 8.22. The molecule has 1 saturated heterocycles. The summed E-state index contributed by atoms with van der Waals surface area (Å²) in [6.45, 7) is 1.22. The minimum Gasteiger partial charge on any atom is -0.348 e. The highest BCUT2D eigenvalue weighted by molar-refractivity contribution is 6.44. The van der Waals surface area contributed by atoms with Crippen LogP contribution in [0.2, 0.25) is 5.02 Å². The molecule has 1 aliphatic rings. The molecule has 28 heavy (non-hydrogen) atoms. The first-order chi connectivity index (χ1) is 13.4. The van der Waals surface area contributed by atoms with Crippen LogP contribution in [0.15, 0.2) is 54.6 Å². The molecule has 3 rings (SSSR count). The van der Waals surface area contributed by atoms with Crippen LogP contribution in [0, 0.1) is 0 Å². The first kappa shape index (κ1) is 19.6. The number of amides is 5. The zero-order valence-electron chi connectivity index (χ0n) is 15.1. The number of hydrogen-bond acceptors (Lipinski definition) is 4. The van der Waals surface area contributed by atoms with Crippen molar-refractivity contribution >= 4 is 35.4 Å². The molecule has 1 atom stereocenters. The Bertz CT molecular complexity index is 915. The average Bonchev–Trinajstić information content (AvgIpc) is 2.87. The molecule has 0 aliphatic carbocycles. The minimum absolute atomic E-state index is 0.0243. The number of nitrogens with one attached hydrogen (secondary N) is 1. The molecule has 0 saturated carbocycles. The number of carbonyl (C=O) groups excluding carboxylic acids is 4. The molecule has 1 unspecified atom stereocenters. The number of hydrogen-bond donors (Lipinski definition) is 1. The van der Waals surface area contributed by atoms with Crippen LogP contribution in [0.5, 0.6) is 0 Å². The van der Waals surface area contributed by atoms with Crippen molar-refractivity contribution in [3.8, 4) is 0 Å². The van der Waals surface area contributed by atoms with Crippen molar-refractivity contribution < 1.29 is 19.2 Å². The normalized spacial score (nSPS) is 15.1. The highest BCUT2D eigenvalue weighted by Crippen LogP contribution is 2.18. The number of rotatable bonds is 6. The summed E-state index contributed by atoms with van der Waals surface area (Å²) in [6.07, 6.45) is 0. The lowest BCUT2D eigenvalue weighted by molar-refractivity contribution is -0.144. The minimum atomic E-state index is -1.00. The van der Waals surface area contributed by atoms with Gasteiger partial charge in [-0.3, -0.25) is 19.3 Å². The van der Waals surface area contributed by atoms with E-state index in [1.807, 2.05) is 0 Å². The van der Waals surface area contributed by atoms with E-state index in [0.29, 0.717) is 15.5 Å². The van der Waals surface area contributed by atoms with Gasteiger partial charge in [-0.2, -0.15) is 0 Å². The fraction of sp³-hybridized carbons (Fsp3) is 0.200. The summed E-state index contributed by atoms with van der Waals surface area (Å²) >= 11 is 5.85. The predicted molar refractivity (Wildman–Crippen MR) is 102 cm³/mol. The van der Waals surface area contributed by atoms with Gasteiger partial charge < -0.3 is 5.32 Å². The lowest BCUT2D eigenvalue weighted by atomic mass is 10.1. The van der Waals surface area contributed by atoms with E-state index in [-0.39, 0.29) is 12.6 Å². The summed E-state index contributed by atoms with van der Waals surface area (Å²) in [5, 5.41) is 3.28. The molecule has 1 N–H and O–H groups in total. The van der Waals surface area contributed by atoms with E-state index in [2.05, 4.69) is 5.32 Å². The third-order valence-electron chi connectivity index (χ3n) is 4.37. The van der Waals surface area contributed by atoms with Crippen molar-refractivity contribution in [1.82, 2.24) is 15.1 Å². The molecule has 144 valence electrons. The van der Waals surface area contributed by atoms with E-state index in [9.17, 15) is 19.2 Å². The number of benzene rings is 2. The van der Waals surface area contributed by atoms with E-state index in [4.69, 9.17) is 11.6 Å². The van der Waals surface area contributed by atoms with Crippen LogP contribution < -0.4 is 5.32 Å². The number of nitrogens with zero attached hydrogens (tertiary/aromatic N) is 2. The van der Waals surface area contributed by atoms with E-state index >= 15 is 0 Å². The highest BCUT2D eigenvalue weighted by atomic mass is 35.5. The fourth-order valence-corrected chi connectivity index (χ4v) is 2.99. The van der Waals surface area contributed by atoms with Crippen molar-refractivity contribution in [2.75, 3.05) is 6.54 Å². The van der Waals surface area contributed by atoms with Crippen LogP contribution in [-0.2, 0) is 20.9 Å². The van der Waals surface area contributed by atoms with Crippen molar-refractivity contribution in [3.05, 3.63) is 70.7 Å². The van der Waals surface area contributed by atoms with E-state index in [1.54, 1.807) is 61.5 Å². The van der Waals surface area contributed by atoms with Crippen LogP contribution >= 0.6 is 11.6 Å². The Morgan fingerprint density at radius 3 is 2.21 bits per heavy atom. The molecule has 1 aliphatic heterocycles. The Morgan fingerprint density at radius 1 is 0.964 bits per heavy atom. The molecule has 2 aromatic rings. The summed E-state index contributed by atoms with van der Waals surface area (Å²) in [6, 6.07) is 14.6. The molecule has 0 spiro atoms. The molecule has 0 aromatic heterocycles. The lowest BCUT2D eigenvalue weighted by Crippen LogP contribution is -2.42. The Kier molecular flexibility index (Phi) is 5.75. The third kappa shape index (κ3) is 4.20.